The van der Waals surface area contributed by atoms with Gasteiger partial charge < -0.3 is 5.32 Å². The predicted molar refractivity (Wildman–Crippen MR) is 64.2 cm³/mol. The summed E-state index contributed by atoms with van der Waals surface area (Å²) in [5, 5.41) is 3.21. The molecule has 0 aromatic carbocycles. The van der Waals surface area contributed by atoms with Gasteiger partial charge >= 0.3 is 0 Å². The van der Waals surface area contributed by atoms with Crippen LogP contribution < -0.4 is 5.32 Å². The van der Waals surface area contributed by atoms with Gasteiger partial charge in [-0.25, -0.2) is 0 Å². The Labute approximate surface area is 95.6 Å². The second-order valence-electron chi connectivity index (χ2n) is 3.68. The molecule has 0 saturated carbocycles. The number of aromatic nitrogens is 2. The summed E-state index contributed by atoms with van der Waals surface area (Å²) in [5.74, 6) is 0.312. The second-order valence-corrected chi connectivity index (χ2v) is 3.68. The molecule has 0 radical (unpaired) electrons. The van der Waals surface area contributed by atoms with Crippen LogP contribution >= 0.6 is 0 Å². The van der Waals surface area contributed by atoms with Crippen molar-refractivity contribution in [1.29, 1.82) is 0 Å². The molecule has 0 saturated heterocycles. The van der Waals surface area contributed by atoms with E-state index in [1.165, 1.54) is 11.1 Å². The molecule has 1 N–H and O–H groups in total. The molecule has 3 heteroatoms. The average Bonchev–Trinajstić information content (AvgIpc) is 2.38. The molecule has 2 rings (SSSR count). The molecule has 0 aliphatic carbocycles. The summed E-state index contributed by atoms with van der Waals surface area (Å²) in [5.41, 5.74) is 2.43. The van der Waals surface area contributed by atoms with Crippen LogP contribution in [0.3, 0.4) is 0 Å². The van der Waals surface area contributed by atoms with Gasteiger partial charge in [-0.2, -0.15) is 0 Å². The number of rotatable bonds is 4. The largest absolute Gasteiger partial charge is 0.319 e. The Morgan fingerprint density at radius 1 is 1.06 bits per heavy atom. The van der Waals surface area contributed by atoms with Gasteiger partial charge in [-0.3, -0.25) is 9.97 Å². The van der Waals surface area contributed by atoms with Crippen molar-refractivity contribution in [3.8, 4) is 0 Å². The normalized spacial score (nSPS) is 10.6. The van der Waals surface area contributed by atoms with Crippen LogP contribution in [0.4, 0.5) is 0 Å². The number of pyridine rings is 2. The topological polar surface area (TPSA) is 37.8 Å². The summed E-state index contributed by atoms with van der Waals surface area (Å²) >= 11 is 0. The van der Waals surface area contributed by atoms with Gasteiger partial charge in [0, 0.05) is 37.3 Å². The van der Waals surface area contributed by atoms with E-state index >= 15 is 0 Å². The van der Waals surface area contributed by atoms with Crippen LogP contribution in [0.25, 0.3) is 0 Å². The lowest BCUT2D eigenvalue weighted by Crippen LogP contribution is -2.18. The van der Waals surface area contributed by atoms with E-state index in [1.54, 1.807) is 12.4 Å². The highest BCUT2D eigenvalue weighted by Crippen LogP contribution is 2.22. The summed E-state index contributed by atoms with van der Waals surface area (Å²) in [6, 6.07) is 8.13. The van der Waals surface area contributed by atoms with E-state index < -0.39 is 0 Å². The Balaban J connectivity index is 2.31. The lowest BCUT2D eigenvalue weighted by Gasteiger charge is -2.16. The van der Waals surface area contributed by atoms with Gasteiger partial charge in [-0.1, -0.05) is 12.1 Å². The van der Waals surface area contributed by atoms with E-state index in [0.717, 1.165) is 6.54 Å². The van der Waals surface area contributed by atoms with Crippen molar-refractivity contribution in [2.24, 2.45) is 0 Å². The van der Waals surface area contributed by atoms with E-state index in [4.69, 9.17) is 0 Å². The lowest BCUT2D eigenvalue weighted by molar-refractivity contribution is 0.703. The van der Waals surface area contributed by atoms with Crippen LogP contribution in [0, 0.1) is 0 Å². The van der Waals surface area contributed by atoms with Crippen LogP contribution in [0.5, 0.6) is 0 Å². The Hall–Kier alpha value is -1.74. The molecule has 0 aliphatic rings. The third-order valence-electron chi connectivity index (χ3n) is 2.58. The average molecular weight is 213 g/mol. The summed E-state index contributed by atoms with van der Waals surface area (Å²) < 4.78 is 0. The molecular formula is C13H15N3. The summed E-state index contributed by atoms with van der Waals surface area (Å²) in [4.78, 5) is 8.33. The maximum atomic E-state index is 4.17. The standard InChI is InChI=1S/C13H15N3/c1-14-10-13(11-4-2-6-15-8-11)12-5-3-7-16-9-12/h2-9,13-14H,10H2,1H3. The quantitative estimate of drug-likeness (QED) is 0.842. The maximum absolute atomic E-state index is 4.17. The van der Waals surface area contributed by atoms with Crippen LogP contribution in [0.15, 0.2) is 49.1 Å². The Morgan fingerprint density at radius 2 is 1.62 bits per heavy atom. The molecule has 0 atom stereocenters. The first-order chi connectivity index (χ1) is 7.92. The zero-order valence-electron chi connectivity index (χ0n) is 9.30. The van der Waals surface area contributed by atoms with Gasteiger partial charge in [0.15, 0.2) is 0 Å². The predicted octanol–water partition coefficient (Wildman–Crippen LogP) is 1.83. The molecule has 0 aliphatic heterocycles. The van der Waals surface area contributed by atoms with E-state index in [0.29, 0.717) is 5.92 Å². The van der Waals surface area contributed by atoms with Crippen molar-refractivity contribution in [3.05, 3.63) is 60.2 Å². The molecule has 2 aromatic rings. The smallest absolute Gasteiger partial charge is 0.0306 e. The van der Waals surface area contributed by atoms with Gasteiger partial charge in [0.25, 0.3) is 0 Å². The van der Waals surface area contributed by atoms with Gasteiger partial charge in [-0.15, -0.1) is 0 Å². The maximum Gasteiger partial charge on any atom is 0.0306 e. The molecule has 0 spiro atoms. The molecule has 2 heterocycles. The van der Waals surface area contributed by atoms with Crippen molar-refractivity contribution in [2.45, 2.75) is 5.92 Å². The van der Waals surface area contributed by atoms with Crippen molar-refractivity contribution in [2.75, 3.05) is 13.6 Å². The Morgan fingerprint density at radius 3 is 2.00 bits per heavy atom. The van der Waals surface area contributed by atoms with Crippen LogP contribution in [-0.2, 0) is 0 Å². The van der Waals surface area contributed by atoms with E-state index in [9.17, 15) is 0 Å². The Bertz CT molecular complexity index is 374. The monoisotopic (exact) mass is 213 g/mol. The fraction of sp³-hybridized carbons (Fsp3) is 0.231. The third kappa shape index (κ3) is 2.44. The van der Waals surface area contributed by atoms with Crippen molar-refractivity contribution in [3.63, 3.8) is 0 Å². The summed E-state index contributed by atoms with van der Waals surface area (Å²) in [7, 11) is 1.96. The first kappa shape index (κ1) is 10.8. The number of likely N-dealkylation sites (N-methyl/N-ethyl adjacent to an activating group) is 1. The number of nitrogens with zero attached hydrogens (tertiary/aromatic N) is 2. The number of hydrogen-bond acceptors (Lipinski definition) is 3. The zero-order chi connectivity index (χ0) is 11.2. The van der Waals surface area contributed by atoms with Crippen LogP contribution in [0.1, 0.15) is 17.0 Å². The van der Waals surface area contributed by atoms with Gasteiger partial charge in [0.1, 0.15) is 0 Å². The Kier molecular flexibility index (Phi) is 3.62. The molecule has 2 aromatic heterocycles. The van der Waals surface area contributed by atoms with Gasteiger partial charge in [-0.05, 0) is 30.3 Å². The van der Waals surface area contributed by atoms with E-state index in [2.05, 4.69) is 27.4 Å². The number of hydrogen-bond donors (Lipinski definition) is 1. The second kappa shape index (κ2) is 5.37. The van der Waals surface area contributed by atoms with E-state index in [1.807, 2.05) is 31.6 Å². The first-order valence-electron chi connectivity index (χ1n) is 5.36. The molecule has 0 fully saturated rings. The van der Waals surface area contributed by atoms with Gasteiger partial charge in [0.05, 0.1) is 0 Å². The highest BCUT2D eigenvalue weighted by molar-refractivity contribution is 5.29. The minimum atomic E-state index is 0.312. The summed E-state index contributed by atoms with van der Waals surface area (Å²) in [6.45, 7) is 0.886. The lowest BCUT2D eigenvalue weighted by atomic mass is 9.94. The summed E-state index contributed by atoms with van der Waals surface area (Å²) in [6.07, 6.45) is 7.41. The van der Waals surface area contributed by atoms with Crippen LogP contribution in [0.2, 0.25) is 0 Å². The zero-order valence-corrected chi connectivity index (χ0v) is 9.30. The van der Waals surface area contributed by atoms with E-state index in [-0.39, 0.29) is 0 Å². The highest BCUT2D eigenvalue weighted by Gasteiger charge is 2.12. The van der Waals surface area contributed by atoms with Crippen LogP contribution in [-0.4, -0.2) is 23.6 Å². The highest BCUT2D eigenvalue weighted by atomic mass is 14.8. The molecule has 0 amide bonds. The van der Waals surface area contributed by atoms with Crippen molar-refractivity contribution >= 4 is 0 Å². The molecule has 0 unspecified atom stereocenters. The molecule has 16 heavy (non-hydrogen) atoms. The molecule has 82 valence electrons. The first-order valence-corrected chi connectivity index (χ1v) is 5.36. The van der Waals surface area contributed by atoms with Crippen molar-refractivity contribution < 1.29 is 0 Å². The van der Waals surface area contributed by atoms with Crippen molar-refractivity contribution in [1.82, 2.24) is 15.3 Å². The minimum absolute atomic E-state index is 0.312. The fourth-order valence-electron chi connectivity index (χ4n) is 1.80. The van der Waals surface area contributed by atoms with Gasteiger partial charge in [0.2, 0.25) is 0 Å². The SMILES string of the molecule is CNCC(c1cccnc1)c1cccnc1. The molecule has 0 bridgehead atoms. The third-order valence-corrected chi connectivity index (χ3v) is 2.58. The molecular weight excluding hydrogens is 198 g/mol. The number of nitrogens with one attached hydrogen (secondary N) is 1. The minimum Gasteiger partial charge on any atom is -0.319 e. The fourth-order valence-corrected chi connectivity index (χ4v) is 1.80. The molecule has 3 nitrogen and oxygen atoms in total.